The summed E-state index contributed by atoms with van der Waals surface area (Å²) >= 11 is 0. The van der Waals surface area contributed by atoms with E-state index in [4.69, 9.17) is 5.11 Å². The van der Waals surface area contributed by atoms with Gasteiger partial charge in [-0.05, 0) is 50.7 Å². The molecule has 0 saturated carbocycles. The molecular formula is C18H26N2O3. The number of carbonyl (C=O) groups is 2. The smallest absolute Gasteiger partial charge is 0.303 e. The van der Waals surface area contributed by atoms with Crippen LogP contribution in [-0.2, 0) is 9.59 Å². The van der Waals surface area contributed by atoms with Gasteiger partial charge in [0.25, 0.3) is 0 Å². The van der Waals surface area contributed by atoms with E-state index in [2.05, 4.69) is 5.32 Å². The number of anilines is 1. The Kier molecular flexibility index (Phi) is 6.02. The minimum atomic E-state index is -0.795. The van der Waals surface area contributed by atoms with Crippen LogP contribution in [0, 0.1) is 13.8 Å². The number of para-hydroxylation sites is 1. The fraction of sp³-hybridized carbons (Fsp3) is 0.556. The molecule has 2 N–H and O–H groups in total. The maximum atomic E-state index is 12.6. The van der Waals surface area contributed by atoms with Crippen molar-refractivity contribution in [2.75, 3.05) is 18.4 Å². The van der Waals surface area contributed by atoms with E-state index < -0.39 is 5.97 Å². The Morgan fingerprint density at radius 3 is 2.61 bits per heavy atom. The van der Waals surface area contributed by atoms with Crippen LogP contribution in [0.4, 0.5) is 5.69 Å². The van der Waals surface area contributed by atoms with Gasteiger partial charge in [0.2, 0.25) is 5.91 Å². The number of piperidine rings is 1. The summed E-state index contributed by atoms with van der Waals surface area (Å²) < 4.78 is 0. The molecule has 0 aliphatic carbocycles. The average Bonchev–Trinajstić information content (AvgIpc) is 2.52. The van der Waals surface area contributed by atoms with E-state index in [0.717, 1.165) is 42.6 Å². The number of rotatable bonds is 6. The topological polar surface area (TPSA) is 69.6 Å². The third-order valence-electron chi connectivity index (χ3n) is 4.54. The highest BCUT2D eigenvalue weighted by Gasteiger charge is 2.26. The Labute approximate surface area is 137 Å². The fourth-order valence-electron chi connectivity index (χ4n) is 3.28. The number of carboxylic acid groups (broad SMARTS) is 1. The van der Waals surface area contributed by atoms with Crippen molar-refractivity contribution >= 4 is 17.6 Å². The van der Waals surface area contributed by atoms with Crippen LogP contribution >= 0.6 is 0 Å². The Morgan fingerprint density at radius 2 is 1.96 bits per heavy atom. The highest BCUT2D eigenvalue weighted by Crippen LogP contribution is 2.22. The Hall–Kier alpha value is -2.04. The van der Waals surface area contributed by atoms with Gasteiger partial charge < -0.3 is 15.3 Å². The van der Waals surface area contributed by atoms with Crippen LogP contribution in [0.15, 0.2) is 18.2 Å². The second kappa shape index (κ2) is 7.99. The van der Waals surface area contributed by atoms with Gasteiger partial charge in [-0.3, -0.25) is 9.59 Å². The molecule has 0 radical (unpaired) electrons. The van der Waals surface area contributed by atoms with Crippen molar-refractivity contribution in [2.45, 2.75) is 52.0 Å². The lowest BCUT2D eigenvalue weighted by Crippen LogP contribution is -2.46. The van der Waals surface area contributed by atoms with Crippen LogP contribution in [0.1, 0.15) is 43.2 Å². The van der Waals surface area contributed by atoms with Gasteiger partial charge in [-0.25, -0.2) is 0 Å². The molecule has 1 saturated heterocycles. The van der Waals surface area contributed by atoms with Crippen molar-refractivity contribution in [3.8, 4) is 0 Å². The predicted octanol–water partition coefficient (Wildman–Crippen LogP) is 2.96. The Morgan fingerprint density at radius 1 is 1.26 bits per heavy atom. The molecule has 1 aromatic carbocycles. The first-order chi connectivity index (χ1) is 11.0. The fourth-order valence-corrected chi connectivity index (χ4v) is 3.28. The molecule has 23 heavy (non-hydrogen) atoms. The zero-order valence-corrected chi connectivity index (χ0v) is 14.0. The van der Waals surface area contributed by atoms with Gasteiger partial charge >= 0.3 is 5.97 Å². The summed E-state index contributed by atoms with van der Waals surface area (Å²) in [5.41, 5.74) is 3.26. The second-order valence-corrected chi connectivity index (χ2v) is 6.29. The third-order valence-corrected chi connectivity index (χ3v) is 4.54. The van der Waals surface area contributed by atoms with Crippen LogP contribution in [0.25, 0.3) is 0 Å². The largest absolute Gasteiger partial charge is 0.481 e. The first kappa shape index (κ1) is 17.3. The highest BCUT2D eigenvalue weighted by molar-refractivity contribution is 5.82. The molecule has 0 aromatic heterocycles. The minimum absolute atomic E-state index is 0.0581. The summed E-state index contributed by atoms with van der Waals surface area (Å²) in [5.74, 6) is -0.737. The van der Waals surface area contributed by atoms with Crippen molar-refractivity contribution in [1.82, 2.24) is 4.90 Å². The summed E-state index contributed by atoms with van der Waals surface area (Å²) in [7, 11) is 0. The van der Waals surface area contributed by atoms with Gasteiger partial charge in [0, 0.05) is 24.7 Å². The van der Waals surface area contributed by atoms with E-state index in [1.165, 1.54) is 0 Å². The Bertz CT molecular complexity index is 551. The molecule has 126 valence electrons. The molecule has 0 spiro atoms. The monoisotopic (exact) mass is 318 g/mol. The van der Waals surface area contributed by atoms with E-state index in [0.29, 0.717) is 6.42 Å². The minimum Gasteiger partial charge on any atom is -0.481 e. The normalized spacial score (nSPS) is 17.8. The summed E-state index contributed by atoms with van der Waals surface area (Å²) in [5, 5.41) is 12.1. The van der Waals surface area contributed by atoms with E-state index in [1.54, 1.807) is 0 Å². The molecule has 2 rings (SSSR count). The number of benzene rings is 1. The maximum absolute atomic E-state index is 12.6. The van der Waals surface area contributed by atoms with Gasteiger partial charge in [-0.15, -0.1) is 0 Å². The first-order valence-electron chi connectivity index (χ1n) is 8.30. The predicted molar refractivity (Wildman–Crippen MR) is 90.6 cm³/mol. The van der Waals surface area contributed by atoms with Crippen molar-refractivity contribution in [3.05, 3.63) is 29.3 Å². The van der Waals surface area contributed by atoms with Crippen LogP contribution < -0.4 is 5.32 Å². The molecule has 1 unspecified atom stereocenters. The van der Waals surface area contributed by atoms with E-state index in [1.807, 2.05) is 36.9 Å². The van der Waals surface area contributed by atoms with Gasteiger partial charge in [0.15, 0.2) is 0 Å². The number of aryl methyl sites for hydroxylation is 2. The number of carboxylic acids is 1. The van der Waals surface area contributed by atoms with E-state index in [9.17, 15) is 9.59 Å². The number of hydrogen-bond donors (Lipinski definition) is 2. The van der Waals surface area contributed by atoms with Crippen LogP contribution in [0.2, 0.25) is 0 Å². The first-order valence-corrected chi connectivity index (χ1v) is 8.30. The number of aliphatic carboxylic acids is 1. The van der Waals surface area contributed by atoms with Crippen molar-refractivity contribution in [1.29, 1.82) is 0 Å². The van der Waals surface area contributed by atoms with Gasteiger partial charge in [0.05, 0.1) is 6.54 Å². The molecular weight excluding hydrogens is 292 g/mol. The number of likely N-dealkylation sites (tertiary alicyclic amines) is 1. The average molecular weight is 318 g/mol. The molecule has 1 aromatic rings. The van der Waals surface area contributed by atoms with Crippen LogP contribution in [-0.4, -0.2) is 41.0 Å². The lowest BCUT2D eigenvalue weighted by Gasteiger charge is -2.36. The SMILES string of the molecule is Cc1cccc(C)c1NCC(=O)N1CCCCC1CCC(=O)O. The molecule has 5 nitrogen and oxygen atoms in total. The summed E-state index contributed by atoms with van der Waals surface area (Å²) in [4.78, 5) is 25.2. The van der Waals surface area contributed by atoms with Crippen LogP contribution in [0.5, 0.6) is 0 Å². The standard InChI is InChI=1S/C18H26N2O3/c1-13-6-5-7-14(2)18(13)19-12-16(21)20-11-4-3-8-15(20)9-10-17(22)23/h5-7,15,19H,3-4,8-12H2,1-2H3,(H,22,23). The van der Waals surface area contributed by atoms with E-state index in [-0.39, 0.29) is 24.9 Å². The lowest BCUT2D eigenvalue weighted by molar-refractivity contribution is -0.139. The zero-order valence-electron chi connectivity index (χ0n) is 14.0. The molecule has 1 aliphatic rings. The zero-order chi connectivity index (χ0) is 16.8. The molecule has 5 heteroatoms. The molecule has 0 bridgehead atoms. The summed E-state index contributed by atoms with van der Waals surface area (Å²) in [6.07, 6.45) is 3.64. The lowest BCUT2D eigenvalue weighted by atomic mass is 9.98. The number of nitrogens with zero attached hydrogens (tertiary/aromatic N) is 1. The number of amides is 1. The highest BCUT2D eigenvalue weighted by atomic mass is 16.4. The molecule has 1 amide bonds. The molecule has 1 aliphatic heterocycles. The van der Waals surface area contributed by atoms with Gasteiger partial charge in [-0.2, -0.15) is 0 Å². The van der Waals surface area contributed by atoms with Crippen molar-refractivity contribution < 1.29 is 14.7 Å². The number of nitrogens with one attached hydrogen (secondary N) is 1. The Balaban J connectivity index is 1.96. The van der Waals surface area contributed by atoms with Gasteiger partial charge in [0.1, 0.15) is 0 Å². The van der Waals surface area contributed by atoms with Gasteiger partial charge in [-0.1, -0.05) is 18.2 Å². The molecule has 1 fully saturated rings. The van der Waals surface area contributed by atoms with E-state index >= 15 is 0 Å². The second-order valence-electron chi connectivity index (χ2n) is 6.29. The molecule has 1 atom stereocenters. The van der Waals surface area contributed by atoms with Crippen molar-refractivity contribution in [3.63, 3.8) is 0 Å². The maximum Gasteiger partial charge on any atom is 0.303 e. The third kappa shape index (κ3) is 4.71. The summed E-state index contributed by atoms with van der Waals surface area (Å²) in [6, 6.07) is 6.11. The summed E-state index contributed by atoms with van der Waals surface area (Å²) in [6.45, 7) is 5.04. The molecule has 1 heterocycles. The quantitative estimate of drug-likeness (QED) is 0.846. The number of hydrogen-bond acceptors (Lipinski definition) is 3. The van der Waals surface area contributed by atoms with Crippen LogP contribution in [0.3, 0.4) is 0 Å². The number of carbonyl (C=O) groups excluding carboxylic acids is 1. The van der Waals surface area contributed by atoms with Crippen molar-refractivity contribution in [2.24, 2.45) is 0 Å².